The lowest BCUT2D eigenvalue weighted by Gasteiger charge is -2.27. The zero-order valence-electron chi connectivity index (χ0n) is 10.9. The van der Waals surface area contributed by atoms with Crippen LogP contribution >= 0.6 is 11.3 Å². The number of rotatable bonds is 3. The highest BCUT2D eigenvalue weighted by atomic mass is 32.1. The van der Waals surface area contributed by atoms with E-state index in [4.69, 9.17) is 5.11 Å². The van der Waals surface area contributed by atoms with E-state index in [9.17, 15) is 9.59 Å². The van der Waals surface area contributed by atoms with Crippen LogP contribution in [-0.2, 0) is 4.79 Å². The van der Waals surface area contributed by atoms with Crippen molar-refractivity contribution in [1.29, 1.82) is 0 Å². The molecular formula is C13H15N3O3S. The van der Waals surface area contributed by atoms with Crippen molar-refractivity contribution < 1.29 is 14.7 Å². The lowest BCUT2D eigenvalue weighted by Crippen LogP contribution is -2.38. The van der Waals surface area contributed by atoms with Crippen molar-refractivity contribution in [3.05, 3.63) is 17.2 Å². The summed E-state index contributed by atoms with van der Waals surface area (Å²) in [6.45, 7) is 1.52. The summed E-state index contributed by atoms with van der Waals surface area (Å²) in [5.41, 5.74) is 0.574. The molecule has 0 aliphatic carbocycles. The Morgan fingerprint density at radius 2 is 2.35 bits per heavy atom. The molecule has 6 nitrogen and oxygen atoms in total. The molecule has 7 heteroatoms. The maximum absolute atomic E-state index is 12.3. The number of hydrogen-bond acceptors (Lipinski definition) is 4. The molecule has 20 heavy (non-hydrogen) atoms. The lowest BCUT2D eigenvalue weighted by atomic mass is 10.0. The molecule has 3 rings (SSSR count). The van der Waals surface area contributed by atoms with Gasteiger partial charge in [-0.2, -0.15) is 0 Å². The summed E-state index contributed by atoms with van der Waals surface area (Å²) in [5.74, 6) is -1.01. The number of urea groups is 1. The molecule has 0 aromatic carbocycles. The van der Waals surface area contributed by atoms with E-state index in [-0.39, 0.29) is 6.03 Å². The molecule has 0 radical (unpaired) electrons. The van der Waals surface area contributed by atoms with Gasteiger partial charge in [0.05, 0.1) is 18.3 Å². The second kappa shape index (κ2) is 5.24. The molecule has 0 spiro atoms. The first kappa shape index (κ1) is 13.1. The minimum absolute atomic E-state index is 0.0258. The van der Waals surface area contributed by atoms with Crippen molar-refractivity contribution in [2.45, 2.75) is 25.3 Å². The molecule has 3 heterocycles. The van der Waals surface area contributed by atoms with E-state index in [1.807, 2.05) is 4.90 Å². The Balaban J connectivity index is 1.76. The third kappa shape index (κ3) is 2.40. The van der Waals surface area contributed by atoms with Crippen LogP contribution in [0.5, 0.6) is 0 Å². The van der Waals surface area contributed by atoms with Gasteiger partial charge in [0.15, 0.2) is 5.13 Å². The lowest BCUT2D eigenvalue weighted by molar-refractivity contribution is -0.131. The number of piperidine rings is 1. The molecular weight excluding hydrogens is 278 g/mol. The van der Waals surface area contributed by atoms with Crippen molar-refractivity contribution in [3.63, 3.8) is 0 Å². The summed E-state index contributed by atoms with van der Waals surface area (Å²) in [6.07, 6.45) is 5.79. The first-order valence-corrected chi connectivity index (χ1v) is 7.48. The highest BCUT2D eigenvalue weighted by Gasteiger charge is 2.40. The highest BCUT2D eigenvalue weighted by molar-refractivity contribution is 7.14. The van der Waals surface area contributed by atoms with Gasteiger partial charge in [-0.25, -0.2) is 14.6 Å². The van der Waals surface area contributed by atoms with Crippen LogP contribution < -0.4 is 4.90 Å². The van der Waals surface area contributed by atoms with Crippen molar-refractivity contribution in [2.24, 2.45) is 0 Å². The number of hydrogen-bond donors (Lipinski definition) is 1. The zero-order valence-corrected chi connectivity index (χ0v) is 11.7. The largest absolute Gasteiger partial charge is 0.478 e. The minimum Gasteiger partial charge on any atom is -0.478 e. The number of anilines is 1. The predicted molar refractivity (Wildman–Crippen MR) is 75.9 cm³/mol. The number of amides is 2. The molecule has 1 aromatic rings. The van der Waals surface area contributed by atoms with Crippen molar-refractivity contribution in [3.8, 4) is 0 Å². The standard InChI is InChI=1S/C13H15N3O3S/c17-11(18)5-4-9-8-20-12(14-9)16-7-10-3-1-2-6-15(10)13(16)19/h4-5,8,10H,1-3,6-7H2,(H,17,18)/b5-4+/t10-/m0/s1. The van der Waals surface area contributed by atoms with E-state index in [0.29, 0.717) is 23.4 Å². The quantitative estimate of drug-likeness (QED) is 0.865. The maximum Gasteiger partial charge on any atom is 0.328 e. The van der Waals surface area contributed by atoms with Gasteiger partial charge in [-0.1, -0.05) is 0 Å². The van der Waals surface area contributed by atoms with E-state index in [1.165, 1.54) is 23.8 Å². The fraction of sp³-hybridized carbons (Fsp3) is 0.462. The van der Waals surface area contributed by atoms with Crippen LogP contribution in [0.15, 0.2) is 11.5 Å². The number of carbonyl (C=O) groups excluding carboxylic acids is 1. The number of carboxylic acids is 1. The molecule has 0 bridgehead atoms. The molecule has 2 amide bonds. The zero-order chi connectivity index (χ0) is 14.1. The number of nitrogens with zero attached hydrogens (tertiary/aromatic N) is 3. The predicted octanol–water partition coefficient (Wildman–Crippen LogP) is 2.04. The number of aromatic nitrogens is 1. The van der Waals surface area contributed by atoms with Gasteiger partial charge in [0.25, 0.3) is 0 Å². The fourth-order valence-corrected chi connectivity index (χ4v) is 3.47. The second-order valence-electron chi connectivity index (χ2n) is 4.96. The molecule has 1 atom stereocenters. The summed E-state index contributed by atoms with van der Waals surface area (Å²) in [6, 6.07) is 0.330. The SMILES string of the molecule is O=C(O)/C=C/c1csc(N2C[C@@H]3CCCCN3C2=O)n1. The summed E-state index contributed by atoms with van der Waals surface area (Å²) >= 11 is 1.37. The first-order chi connectivity index (χ1) is 9.65. The maximum atomic E-state index is 12.3. The Bertz CT molecular complexity index is 569. The summed E-state index contributed by atoms with van der Waals surface area (Å²) in [4.78, 5) is 30.8. The second-order valence-corrected chi connectivity index (χ2v) is 5.80. The number of carboxylic acid groups (broad SMARTS) is 1. The Morgan fingerprint density at radius 3 is 3.10 bits per heavy atom. The van der Waals surface area contributed by atoms with Crippen molar-refractivity contribution in [2.75, 3.05) is 18.0 Å². The van der Waals surface area contributed by atoms with Gasteiger partial charge < -0.3 is 10.0 Å². The summed E-state index contributed by atoms with van der Waals surface area (Å²) < 4.78 is 0. The average molecular weight is 293 g/mol. The topological polar surface area (TPSA) is 73.7 Å². The van der Waals surface area contributed by atoms with E-state index in [0.717, 1.165) is 25.5 Å². The molecule has 106 valence electrons. The Hall–Kier alpha value is -1.89. The van der Waals surface area contributed by atoms with Gasteiger partial charge in [-0.15, -0.1) is 11.3 Å². The van der Waals surface area contributed by atoms with Crippen LogP contribution in [0.2, 0.25) is 0 Å². The molecule has 1 N–H and O–H groups in total. The third-order valence-electron chi connectivity index (χ3n) is 3.63. The fourth-order valence-electron chi connectivity index (χ4n) is 2.68. The normalized spacial score (nSPS) is 22.6. The minimum atomic E-state index is -1.01. The van der Waals surface area contributed by atoms with Gasteiger partial charge in [0.2, 0.25) is 0 Å². The number of carbonyl (C=O) groups is 2. The average Bonchev–Trinajstić information content (AvgIpc) is 3.02. The first-order valence-electron chi connectivity index (χ1n) is 6.60. The highest BCUT2D eigenvalue weighted by Crippen LogP contribution is 2.31. The van der Waals surface area contributed by atoms with Crippen molar-refractivity contribution in [1.82, 2.24) is 9.88 Å². The van der Waals surface area contributed by atoms with Crippen LogP contribution in [0.25, 0.3) is 6.08 Å². The van der Waals surface area contributed by atoms with Gasteiger partial charge in [-0.3, -0.25) is 4.90 Å². The Morgan fingerprint density at radius 1 is 1.50 bits per heavy atom. The Kier molecular flexibility index (Phi) is 3.43. The third-order valence-corrected chi connectivity index (χ3v) is 4.52. The van der Waals surface area contributed by atoms with Gasteiger partial charge >= 0.3 is 12.0 Å². The van der Waals surface area contributed by atoms with Crippen LogP contribution in [0, 0.1) is 0 Å². The number of thiazole rings is 1. The molecule has 1 aromatic heterocycles. The van der Waals surface area contributed by atoms with Crippen molar-refractivity contribution >= 4 is 34.5 Å². The van der Waals surface area contributed by atoms with Gasteiger partial charge in [-0.05, 0) is 25.3 Å². The monoisotopic (exact) mass is 293 g/mol. The summed E-state index contributed by atoms with van der Waals surface area (Å²) in [7, 11) is 0. The molecule has 0 unspecified atom stereocenters. The summed E-state index contributed by atoms with van der Waals surface area (Å²) in [5, 5.41) is 11.0. The Labute approximate surface area is 120 Å². The molecule has 0 saturated carbocycles. The molecule has 2 aliphatic rings. The molecule has 2 saturated heterocycles. The number of fused-ring (bicyclic) bond motifs is 1. The van der Waals surface area contributed by atoms with Crippen LogP contribution in [-0.4, -0.2) is 46.1 Å². The molecule has 2 fully saturated rings. The van der Waals surface area contributed by atoms with Gasteiger partial charge in [0.1, 0.15) is 0 Å². The number of aliphatic carboxylic acids is 1. The van der Waals surface area contributed by atoms with Crippen LogP contribution in [0.1, 0.15) is 25.0 Å². The van der Waals surface area contributed by atoms with E-state index in [2.05, 4.69) is 4.98 Å². The smallest absolute Gasteiger partial charge is 0.328 e. The van der Waals surface area contributed by atoms with Crippen LogP contribution in [0.4, 0.5) is 9.93 Å². The van der Waals surface area contributed by atoms with E-state index < -0.39 is 5.97 Å². The van der Waals surface area contributed by atoms with Gasteiger partial charge in [0, 0.05) is 18.0 Å². The van der Waals surface area contributed by atoms with E-state index in [1.54, 1.807) is 10.3 Å². The van der Waals surface area contributed by atoms with Crippen LogP contribution in [0.3, 0.4) is 0 Å². The van der Waals surface area contributed by atoms with E-state index >= 15 is 0 Å². The molecule has 2 aliphatic heterocycles.